The fraction of sp³-hybridized carbons (Fsp3) is 0.261. The highest BCUT2D eigenvalue weighted by Crippen LogP contribution is 2.35. The largest absolute Gasteiger partial charge is 0.484 e. The Morgan fingerprint density at radius 2 is 1.94 bits per heavy atom. The normalized spacial score (nSPS) is 10.6. The number of nitro groups is 1. The standard InChI is InChI=1S/C23H21ClN2O9S/c1-4-9-33-22(28)18-12(2)19(23(29)32-3)36-21(18)25-20(27)17-8-6-14(35-17)11-34-16-7-5-13(26(30)31)10-15(16)24/h5-8,10H,4,9,11H2,1-3H3,(H,25,27). The molecule has 0 fully saturated rings. The number of halogens is 1. The van der Waals surface area contributed by atoms with Crippen LogP contribution in [-0.2, 0) is 16.1 Å². The second kappa shape index (κ2) is 11.7. The van der Waals surface area contributed by atoms with E-state index >= 15 is 0 Å². The molecule has 0 aliphatic rings. The molecule has 0 bridgehead atoms. The van der Waals surface area contributed by atoms with Gasteiger partial charge in [0.25, 0.3) is 11.6 Å². The molecule has 0 aliphatic carbocycles. The summed E-state index contributed by atoms with van der Waals surface area (Å²) in [5.41, 5.74) is 0.211. The number of nitrogens with one attached hydrogen (secondary N) is 1. The molecule has 13 heteroatoms. The number of anilines is 1. The zero-order valence-corrected chi connectivity index (χ0v) is 21.0. The van der Waals surface area contributed by atoms with Crippen molar-refractivity contribution in [1.29, 1.82) is 0 Å². The van der Waals surface area contributed by atoms with Crippen LogP contribution in [0.4, 0.5) is 10.7 Å². The highest BCUT2D eigenvalue weighted by Gasteiger charge is 2.28. The molecule has 0 radical (unpaired) electrons. The molecule has 3 rings (SSSR count). The van der Waals surface area contributed by atoms with Crippen LogP contribution in [0.15, 0.2) is 34.7 Å². The number of amides is 1. The highest BCUT2D eigenvalue weighted by molar-refractivity contribution is 7.18. The molecule has 1 amide bonds. The number of esters is 2. The minimum Gasteiger partial charge on any atom is -0.484 e. The number of carbonyl (C=O) groups excluding carboxylic acids is 3. The average Bonchev–Trinajstić information content (AvgIpc) is 3.45. The second-order valence-corrected chi connectivity index (χ2v) is 8.70. The van der Waals surface area contributed by atoms with Gasteiger partial charge in [0.15, 0.2) is 5.76 Å². The summed E-state index contributed by atoms with van der Waals surface area (Å²) in [6.07, 6.45) is 0.600. The number of carbonyl (C=O) groups is 3. The lowest BCUT2D eigenvalue weighted by Crippen LogP contribution is -2.14. The van der Waals surface area contributed by atoms with Crippen molar-refractivity contribution in [1.82, 2.24) is 0 Å². The molecule has 3 aromatic rings. The number of ether oxygens (including phenoxy) is 3. The van der Waals surface area contributed by atoms with E-state index in [9.17, 15) is 24.5 Å². The molecule has 0 unspecified atom stereocenters. The lowest BCUT2D eigenvalue weighted by atomic mass is 10.1. The number of non-ortho nitro benzene ring substituents is 1. The Kier molecular flexibility index (Phi) is 8.67. The van der Waals surface area contributed by atoms with Gasteiger partial charge in [0.2, 0.25) is 0 Å². The van der Waals surface area contributed by atoms with Crippen molar-refractivity contribution in [2.75, 3.05) is 19.0 Å². The predicted molar refractivity (Wildman–Crippen MR) is 130 cm³/mol. The fourth-order valence-electron chi connectivity index (χ4n) is 3.01. The number of hydrogen-bond donors (Lipinski definition) is 1. The van der Waals surface area contributed by atoms with Gasteiger partial charge in [-0.05, 0) is 37.1 Å². The first kappa shape index (κ1) is 26.7. The van der Waals surface area contributed by atoms with Gasteiger partial charge in [0.05, 0.1) is 29.2 Å². The minimum absolute atomic E-state index is 0.0469. The Balaban J connectivity index is 1.75. The number of nitro benzene ring substituents is 1. The van der Waals surface area contributed by atoms with Crippen molar-refractivity contribution in [3.05, 3.63) is 73.0 Å². The summed E-state index contributed by atoms with van der Waals surface area (Å²) in [6, 6.07) is 6.67. The van der Waals surface area contributed by atoms with Crippen LogP contribution in [-0.4, -0.2) is 36.5 Å². The fourth-order valence-corrected chi connectivity index (χ4v) is 4.35. The summed E-state index contributed by atoms with van der Waals surface area (Å²) in [6.45, 7) is 3.47. The molecule has 2 heterocycles. The molecular formula is C23H21ClN2O9S. The predicted octanol–water partition coefficient (Wildman–Crippen LogP) is 5.40. The Bertz CT molecular complexity index is 1310. The maximum absolute atomic E-state index is 12.8. The second-order valence-electron chi connectivity index (χ2n) is 7.27. The Labute approximate surface area is 214 Å². The molecule has 11 nitrogen and oxygen atoms in total. The van der Waals surface area contributed by atoms with Crippen molar-refractivity contribution >= 4 is 51.5 Å². The van der Waals surface area contributed by atoms with Gasteiger partial charge in [-0.25, -0.2) is 9.59 Å². The van der Waals surface area contributed by atoms with Crippen molar-refractivity contribution in [2.45, 2.75) is 26.9 Å². The van der Waals surface area contributed by atoms with Crippen LogP contribution in [0.25, 0.3) is 0 Å². The molecule has 0 aliphatic heterocycles. The van der Waals surface area contributed by atoms with Crippen LogP contribution in [0.2, 0.25) is 5.02 Å². The molecule has 0 atom stereocenters. The summed E-state index contributed by atoms with van der Waals surface area (Å²) in [4.78, 5) is 47.9. The van der Waals surface area contributed by atoms with Crippen LogP contribution in [0.1, 0.15) is 55.3 Å². The number of benzene rings is 1. The molecule has 190 valence electrons. The lowest BCUT2D eigenvalue weighted by molar-refractivity contribution is -0.384. The highest BCUT2D eigenvalue weighted by atomic mass is 35.5. The van der Waals surface area contributed by atoms with E-state index < -0.39 is 22.8 Å². The molecular weight excluding hydrogens is 516 g/mol. The first-order chi connectivity index (χ1) is 17.2. The van der Waals surface area contributed by atoms with E-state index in [1.807, 2.05) is 6.92 Å². The van der Waals surface area contributed by atoms with Crippen LogP contribution in [0.5, 0.6) is 5.75 Å². The van der Waals surface area contributed by atoms with E-state index in [4.69, 9.17) is 30.2 Å². The smallest absolute Gasteiger partial charge is 0.348 e. The van der Waals surface area contributed by atoms with Crippen molar-refractivity contribution in [2.24, 2.45) is 0 Å². The number of nitrogens with zero attached hydrogens (tertiary/aromatic N) is 1. The van der Waals surface area contributed by atoms with Crippen molar-refractivity contribution in [3.8, 4) is 5.75 Å². The van der Waals surface area contributed by atoms with E-state index in [1.54, 1.807) is 6.92 Å². The van der Waals surface area contributed by atoms with Crippen LogP contribution >= 0.6 is 22.9 Å². The lowest BCUT2D eigenvalue weighted by Gasteiger charge is -2.07. The van der Waals surface area contributed by atoms with Crippen LogP contribution in [0, 0.1) is 17.0 Å². The van der Waals surface area contributed by atoms with Gasteiger partial charge in [-0.1, -0.05) is 18.5 Å². The average molecular weight is 537 g/mol. The molecule has 0 saturated heterocycles. The Morgan fingerprint density at radius 3 is 2.58 bits per heavy atom. The van der Waals surface area contributed by atoms with E-state index in [-0.39, 0.29) is 56.6 Å². The SMILES string of the molecule is CCCOC(=O)c1c(NC(=O)c2ccc(COc3ccc([N+](=O)[O-])cc3Cl)o2)sc(C(=O)OC)c1C. The van der Waals surface area contributed by atoms with Crippen molar-refractivity contribution < 1.29 is 37.9 Å². The summed E-state index contributed by atoms with van der Waals surface area (Å²) in [5, 5.41) is 13.6. The number of methoxy groups -OCH3 is 1. The summed E-state index contributed by atoms with van der Waals surface area (Å²) >= 11 is 6.90. The van der Waals surface area contributed by atoms with Gasteiger partial charge in [-0.2, -0.15) is 0 Å². The summed E-state index contributed by atoms with van der Waals surface area (Å²) in [5.74, 6) is -1.60. The van der Waals surface area contributed by atoms with Gasteiger partial charge in [0.1, 0.15) is 28.0 Å². The summed E-state index contributed by atoms with van der Waals surface area (Å²) < 4.78 is 21.0. The monoisotopic (exact) mass is 536 g/mol. The summed E-state index contributed by atoms with van der Waals surface area (Å²) in [7, 11) is 1.21. The third-order valence-corrected chi connectivity index (χ3v) is 6.25. The molecule has 1 N–H and O–H groups in total. The van der Waals surface area contributed by atoms with Gasteiger partial charge in [-0.3, -0.25) is 14.9 Å². The number of thiophene rings is 1. The first-order valence-corrected chi connectivity index (χ1v) is 11.7. The van der Waals surface area contributed by atoms with Crippen LogP contribution in [0.3, 0.4) is 0 Å². The molecule has 2 aromatic heterocycles. The topological polar surface area (TPSA) is 147 Å². The molecule has 0 spiro atoms. The third kappa shape index (κ3) is 6.01. The van der Waals surface area contributed by atoms with Crippen LogP contribution < -0.4 is 10.1 Å². The van der Waals surface area contributed by atoms with E-state index in [0.717, 1.165) is 17.4 Å². The van der Waals surface area contributed by atoms with Gasteiger partial charge in [0, 0.05) is 12.1 Å². The maximum atomic E-state index is 12.8. The van der Waals surface area contributed by atoms with E-state index in [2.05, 4.69) is 5.32 Å². The quantitative estimate of drug-likeness (QED) is 0.204. The zero-order valence-electron chi connectivity index (χ0n) is 19.4. The molecule has 1 aromatic carbocycles. The van der Waals surface area contributed by atoms with Gasteiger partial charge in [-0.15, -0.1) is 11.3 Å². The van der Waals surface area contributed by atoms with Crippen molar-refractivity contribution in [3.63, 3.8) is 0 Å². The van der Waals surface area contributed by atoms with E-state index in [0.29, 0.717) is 12.0 Å². The maximum Gasteiger partial charge on any atom is 0.348 e. The molecule has 36 heavy (non-hydrogen) atoms. The van der Waals surface area contributed by atoms with Gasteiger partial charge >= 0.3 is 11.9 Å². The Morgan fingerprint density at radius 1 is 1.19 bits per heavy atom. The number of hydrogen-bond acceptors (Lipinski definition) is 10. The minimum atomic E-state index is -0.676. The number of furan rings is 1. The third-order valence-electron chi connectivity index (χ3n) is 4.77. The van der Waals surface area contributed by atoms with E-state index in [1.165, 1.54) is 31.4 Å². The Hall–Kier alpha value is -3.90. The first-order valence-electron chi connectivity index (χ1n) is 10.5. The molecule has 0 saturated carbocycles. The van der Waals surface area contributed by atoms with Gasteiger partial charge < -0.3 is 23.9 Å². The number of rotatable bonds is 10. The zero-order chi connectivity index (χ0) is 26.4.